The van der Waals surface area contributed by atoms with Crippen molar-refractivity contribution in [1.29, 1.82) is 0 Å². The summed E-state index contributed by atoms with van der Waals surface area (Å²) in [6.45, 7) is 2.27. The number of carboxylic acid groups (broad SMARTS) is 1. The van der Waals surface area contributed by atoms with Gasteiger partial charge in [0.05, 0.1) is 0 Å². The second kappa shape index (κ2) is 6.96. The minimum Gasteiger partial charge on any atom is -0.480 e. The molecule has 1 heterocycles. The van der Waals surface area contributed by atoms with Crippen molar-refractivity contribution < 1.29 is 19.5 Å². The molecule has 2 atom stereocenters. The van der Waals surface area contributed by atoms with Crippen LogP contribution in [0.2, 0.25) is 0 Å². The summed E-state index contributed by atoms with van der Waals surface area (Å²) in [7, 11) is 0. The number of nitrogens with zero attached hydrogens (tertiary/aromatic N) is 1. The highest BCUT2D eigenvalue weighted by Crippen LogP contribution is 2.17. The summed E-state index contributed by atoms with van der Waals surface area (Å²) >= 11 is 0. The normalized spacial score (nSPS) is 20.7. The molecule has 1 unspecified atom stereocenters. The third-order valence-corrected chi connectivity index (χ3v) is 3.27. The Morgan fingerprint density at radius 2 is 2.11 bits per heavy atom. The summed E-state index contributed by atoms with van der Waals surface area (Å²) < 4.78 is 0. The van der Waals surface area contributed by atoms with Crippen molar-refractivity contribution in [2.75, 3.05) is 6.54 Å². The summed E-state index contributed by atoms with van der Waals surface area (Å²) in [5, 5.41) is 11.5. The van der Waals surface area contributed by atoms with Crippen molar-refractivity contribution in [3.05, 3.63) is 0 Å². The molecule has 7 heteroatoms. The SMILES string of the molecule is CCC[C@H](NC(=O)N1CCCCC1C(N)=O)C(=O)O. The number of carboxylic acids is 1. The van der Waals surface area contributed by atoms with E-state index in [1.165, 1.54) is 4.90 Å². The van der Waals surface area contributed by atoms with Crippen LogP contribution in [-0.2, 0) is 9.59 Å². The Balaban J connectivity index is 2.68. The van der Waals surface area contributed by atoms with E-state index in [0.717, 1.165) is 12.8 Å². The van der Waals surface area contributed by atoms with E-state index < -0.39 is 30.0 Å². The number of hydrogen-bond acceptors (Lipinski definition) is 3. The second-order valence-electron chi connectivity index (χ2n) is 4.74. The Hall–Kier alpha value is -1.79. The third kappa shape index (κ3) is 4.11. The number of aliphatic carboxylic acids is 1. The monoisotopic (exact) mass is 271 g/mol. The number of primary amides is 1. The molecule has 3 amide bonds. The summed E-state index contributed by atoms with van der Waals surface area (Å²) in [5.41, 5.74) is 5.27. The number of carbonyl (C=O) groups excluding carboxylic acids is 2. The van der Waals surface area contributed by atoms with E-state index in [2.05, 4.69) is 5.32 Å². The number of likely N-dealkylation sites (tertiary alicyclic amines) is 1. The lowest BCUT2D eigenvalue weighted by Gasteiger charge is -2.34. The van der Waals surface area contributed by atoms with E-state index in [1.807, 2.05) is 6.92 Å². The van der Waals surface area contributed by atoms with Gasteiger partial charge in [0.1, 0.15) is 12.1 Å². The lowest BCUT2D eigenvalue weighted by atomic mass is 10.0. The first-order valence-electron chi connectivity index (χ1n) is 6.56. The second-order valence-corrected chi connectivity index (χ2v) is 4.74. The summed E-state index contributed by atoms with van der Waals surface area (Å²) in [6.07, 6.45) is 3.18. The number of amides is 3. The van der Waals surface area contributed by atoms with Crippen LogP contribution in [0.4, 0.5) is 4.79 Å². The van der Waals surface area contributed by atoms with Gasteiger partial charge in [0, 0.05) is 6.54 Å². The molecule has 1 fully saturated rings. The number of nitrogens with two attached hydrogens (primary N) is 1. The number of nitrogens with one attached hydrogen (secondary N) is 1. The van der Waals surface area contributed by atoms with Crippen molar-refractivity contribution in [2.24, 2.45) is 5.73 Å². The van der Waals surface area contributed by atoms with Crippen LogP contribution in [0.15, 0.2) is 0 Å². The van der Waals surface area contributed by atoms with Crippen LogP contribution >= 0.6 is 0 Å². The van der Waals surface area contributed by atoms with Gasteiger partial charge in [-0.25, -0.2) is 9.59 Å². The average molecular weight is 271 g/mol. The first-order chi connectivity index (χ1) is 8.97. The average Bonchev–Trinajstić information content (AvgIpc) is 2.37. The molecule has 0 aromatic rings. The van der Waals surface area contributed by atoms with Crippen molar-refractivity contribution in [3.63, 3.8) is 0 Å². The molecule has 0 radical (unpaired) electrons. The van der Waals surface area contributed by atoms with Crippen LogP contribution in [0.3, 0.4) is 0 Å². The highest BCUT2D eigenvalue weighted by Gasteiger charge is 2.32. The lowest BCUT2D eigenvalue weighted by molar-refractivity contribution is -0.139. The van der Waals surface area contributed by atoms with Gasteiger partial charge in [-0.2, -0.15) is 0 Å². The van der Waals surface area contributed by atoms with Crippen LogP contribution in [0, 0.1) is 0 Å². The fourth-order valence-corrected chi connectivity index (χ4v) is 2.25. The molecule has 1 saturated heterocycles. The van der Waals surface area contributed by atoms with E-state index in [-0.39, 0.29) is 0 Å². The smallest absolute Gasteiger partial charge is 0.326 e. The molecule has 108 valence electrons. The van der Waals surface area contributed by atoms with Gasteiger partial charge in [-0.05, 0) is 25.7 Å². The number of hydrogen-bond donors (Lipinski definition) is 3. The first kappa shape index (κ1) is 15.3. The predicted molar refractivity (Wildman–Crippen MR) is 68.4 cm³/mol. The molecule has 1 rings (SSSR count). The van der Waals surface area contributed by atoms with E-state index in [4.69, 9.17) is 10.8 Å². The van der Waals surface area contributed by atoms with Crippen LogP contribution in [0.5, 0.6) is 0 Å². The highest BCUT2D eigenvalue weighted by molar-refractivity contribution is 5.88. The largest absolute Gasteiger partial charge is 0.480 e. The van der Waals surface area contributed by atoms with Gasteiger partial charge >= 0.3 is 12.0 Å². The van der Waals surface area contributed by atoms with E-state index in [0.29, 0.717) is 25.8 Å². The number of piperidine rings is 1. The maximum absolute atomic E-state index is 12.0. The summed E-state index contributed by atoms with van der Waals surface area (Å²) in [5.74, 6) is -1.61. The Bertz CT molecular complexity index is 359. The molecule has 0 aromatic carbocycles. The molecule has 0 saturated carbocycles. The van der Waals surface area contributed by atoms with Gasteiger partial charge in [-0.1, -0.05) is 13.3 Å². The van der Waals surface area contributed by atoms with Crippen LogP contribution in [0.25, 0.3) is 0 Å². The Morgan fingerprint density at radius 3 is 2.63 bits per heavy atom. The number of urea groups is 1. The molecule has 0 aromatic heterocycles. The zero-order valence-electron chi connectivity index (χ0n) is 11.1. The summed E-state index contributed by atoms with van der Waals surface area (Å²) in [6, 6.07) is -2.08. The molecule has 4 N–H and O–H groups in total. The van der Waals surface area contributed by atoms with Crippen LogP contribution in [0.1, 0.15) is 39.0 Å². The van der Waals surface area contributed by atoms with Gasteiger partial charge in [-0.15, -0.1) is 0 Å². The Kier molecular flexibility index (Phi) is 5.59. The minimum atomic E-state index is -1.07. The molecular formula is C12H21N3O4. The highest BCUT2D eigenvalue weighted by atomic mass is 16.4. The fraction of sp³-hybridized carbons (Fsp3) is 0.750. The number of carbonyl (C=O) groups is 3. The standard InChI is InChI=1S/C12H21N3O4/c1-2-5-8(11(17)18)14-12(19)15-7-4-3-6-9(15)10(13)16/h8-9H,2-7H2,1H3,(H2,13,16)(H,14,19)(H,17,18)/t8-,9?/m0/s1. The molecule has 7 nitrogen and oxygen atoms in total. The zero-order chi connectivity index (χ0) is 14.4. The van der Waals surface area contributed by atoms with Crippen molar-refractivity contribution in [3.8, 4) is 0 Å². The number of rotatable bonds is 5. The van der Waals surface area contributed by atoms with E-state index in [9.17, 15) is 14.4 Å². The lowest BCUT2D eigenvalue weighted by Crippen LogP contribution is -2.56. The molecule has 19 heavy (non-hydrogen) atoms. The Labute approximate surface area is 112 Å². The zero-order valence-corrected chi connectivity index (χ0v) is 11.1. The topological polar surface area (TPSA) is 113 Å². The third-order valence-electron chi connectivity index (χ3n) is 3.27. The van der Waals surface area contributed by atoms with Gasteiger partial charge in [0.15, 0.2) is 0 Å². The predicted octanol–water partition coefficient (Wildman–Crippen LogP) is 0.289. The molecule has 1 aliphatic rings. The van der Waals surface area contributed by atoms with Crippen molar-refractivity contribution in [2.45, 2.75) is 51.1 Å². The van der Waals surface area contributed by atoms with Gasteiger partial charge in [0.2, 0.25) is 5.91 Å². The van der Waals surface area contributed by atoms with Gasteiger partial charge < -0.3 is 21.1 Å². The quantitative estimate of drug-likeness (QED) is 0.667. The molecule has 0 aliphatic carbocycles. The fourth-order valence-electron chi connectivity index (χ4n) is 2.25. The molecule has 1 aliphatic heterocycles. The molecular weight excluding hydrogens is 250 g/mol. The summed E-state index contributed by atoms with van der Waals surface area (Å²) in [4.78, 5) is 35.7. The van der Waals surface area contributed by atoms with Crippen LogP contribution in [-0.4, -0.2) is 46.5 Å². The van der Waals surface area contributed by atoms with E-state index >= 15 is 0 Å². The van der Waals surface area contributed by atoms with Crippen molar-refractivity contribution in [1.82, 2.24) is 10.2 Å². The van der Waals surface area contributed by atoms with Crippen LogP contribution < -0.4 is 11.1 Å². The first-order valence-corrected chi connectivity index (χ1v) is 6.56. The maximum atomic E-state index is 12.0. The maximum Gasteiger partial charge on any atom is 0.326 e. The van der Waals surface area contributed by atoms with E-state index in [1.54, 1.807) is 0 Å². The minimum absolute atomic E-state index is 0.357. The molecule has 0 bridgehead atoms. The molecule has 0 spiro atoms. The van der Waals surface area contributed by atoms with Gasteiger partial charge in [0.25, 0.3) is 0 Å². The van der Waals surface area contributed by atoms with Gasteiger partial charge in [-0.3, -0.25) is 4.79 Å². The van der Waals surface area contributed by atoms with Crippen molar-refractivity contribution >= 4 is 17.9 Å². The Morgan fingerprint density at radius 1 is 1.42 bits per heavy atom.